The average molecular weight is 235 g/mol. The second kappa shape index (κ2) is 5.93. The zero-order valence-electron chi connectivity index (χ0n) is 9.69. The largest absolute Gasteiger partial charge is 0.503 e. The van der Waals surface area contributed by atoms with Gasteiger partial charge in [0, 0.05) is 25.9 Å². The van der Waals surface area contributed by atoms with E-state index < -0.39 is 8.80 Å². The molecule has 0 saturated carbocycles. The quantitative estimate of drug-likeness (QED) is 0.496. The van der Waals surface area contributed by atoms with Crippen molar-refractivity contribution in [2.75, 3.05) is 19.8 Å². The molecule has 0 amide bonds. The summed E-state index contributed by atoms with van der Waals surface area (Å²) >= 11 is 0. The van der Waals surface area contributed by atoms with Crippen LogP contribution in [0.3, 0.4) is 0 Å². The van der Waals surface area contributed by atoms with E-state index in [9.17, 15) is 0 Å². The van der Waals surface area contributed by atoms with Crippen LogP contribution in [-0.4, -0.2) is 41.0 Å². The van der Waals surface area contributed by atoms with Gasteiger partial charge >= 0.3 is 8.80 Å². The monoisotopic (exact) mass is 235 g/mol. The summed E-state index contributed by atoms with van der Waals surface area (Å²) in [7, 11) is -2.54. The summed E-state index contributed by atoms with van der Waals surface area (Å²) in [6.07, 6.45) is -0.125. The molecule has 1 fully saturated rings. The molecule has 6 heteroatoms. The van der Waals surface area contributed by atoms with Crippen LogP contribution in [0, 0.1) is 0 Å². The van der Waals surface area contributed by atoms with Crippen molar-refractivity contribution < 1.29 is 18.0 Å². The minimum absolute atomic E-state index is 0.0429. The number of epoxide rings is 1. The van der Waals surface area contributed by atoms with Gasteiger partial charge in [0.25, 0.3) is 0 Å². The molecule has 5 nitrogen and oxygen atoms in total. The van der Waals surface area contributed by atoms with Crippen LogP contribution in [0.25, 0.3) is 0 Å². The fourth-order valence-electron chi connectivity index (χ4n) is 1.53. The third-order valence-corrected chi connectivity index (χ3v) is 5.25. The predicted molar refractivity (Wildman–Crippen MR) is 58.3 cm³/mol. The summed E-state index contributed by atoms with van der Waals surface area (Å²) in [6, 6.07) is 0.656. The summed E-state index contributed by atoms with van der Waals surface area (Å²) in [5, 5.41) is 0. The van der Waals surface area contributed by atoms with E-state index in [0.717, 1.165) is 0 Å². The smallest absolute Gasteiger partial charge is 0.374 e. The van der Waals surface area contributed by atoms with E-state index in [1.807, 2.05) is 20.8 Å². The molecule has 15 heavy (non-hydrogen) atoms. The molecule has 0 bridgehead atoms. The Bertz CT molecular complexity index is 176. The van der Waals surface area contributed by atoms with Crippen LogP contribution in [0.4, 0.5) is 0 Å². The second-order valence-corrected chi connectivity index (χ2v) is 5.97. The fraction of sp³-hybridized carbons (Fsp3) is 1.00. The highest BCUT2D eigenvalue weighted by Gasteiger charge is 2.50. The lowest BCUT2D eigenvalue weighted by atomic mass is 10.5. The topological polar surface area (TPSA) is 66.2 Å². The van der Waals surface area contributed by atoms with Crippen molar-refractivity contribution in [2.24, 2.45) is 5.73 Å². The van der Waals surface area contributed by atoms with Crippen molar-refractivity contribution in [3.8, 4) is 0 Å². The molecule has 0 aliphatic carbocycles. The van der Waals surface area contributed by atoms with Crippen molar-refractivity contribution in [2.45, 2.75) is 39.1 Å². The summed E-state index contributed by atoms with van der Waals surface area (Å²) in [5.74, 6) is 0. The highest BCUT2D eigenvalue weighted by Crippen LogP contribution is 2.29. The molecule has 1 saturated heterocycles. The molecular formula is C9H21NO4Si. The molecule has 2 atom stereocenters. The molecule has 2 unspecified atom stereocenters. The Morgan fingerprint density at radius 1 is 1.07 bits per heavy atom. The SMILES string of the molecule is CCO[Si](CC1OC1N)(OCC)OCC. The predicted octanol–water partition coefficient (Wildman–Crippen LogP) is 0.718. The van der Waals surface area contributed by atoms with Gasteiger partial charge in [-0.1, -0.05) is 0 Å². The van der Waals surface area contributed by atoms with Crippen LogP contribution in [0.2, 0.25) is 6.04 Å². The number of nitrogens with two attached hydrogens (primary N) is 1. The number of ether oxygens (including phenoxy) is 1. The molecule has 1 heterocycles. The maximum Gasteiger partial charge on any atom is 0.503 e. The maximum absolute atomic E-state index is 5.67. The first-order valence-corrected chi connectivity index (χ1v) is 7.43. The van der Waals surface area contributed by atoms with E-state index in [1.54, 1.807) is 0 Å². The van der Waals surface area contributed by atoms with Crippen LogP contribution in [0.15, 0.2) is 0 Å². The average Bonchev–Trinajstić information content (AvgIpc) is 2.82. The molecule has 1 aliphatic heterocycles. The molecular weight excluding hydrogens is 214 g/mol. The van der Waals surface area contributed by atoms with Gasteiger partial charge in [0.15, 0.2) is 0 Å². The molecule has 1 rings (SSSR count). The maximum atomic E-state index is 5.67. The lowest BCUT2D eigenvalue weighted by molar-refractivity contribution is 0.0693. The highest BCUT2D eigenvalue weighted by atomic mass is 28.4. The van der Waals surface area contributed by atoms with Crippen LogP contribution < -0.4 is 5.73 Å². The van der Waals surface area contributed by atoms with Gasteiger partial charge in [-0.15, -0.1) is 0 Å². The second-order valence-electron chi connectivity index (χ2n) is 3.33. The Hall–Kier alpha value is 0.0169. The van der Waals surface area contributed by atoms with Gasteiger partial charge in [-0.05, 0) is 20.8 Å². The first-order chi connectivity index (χ1) is 7.17. The number of hydrogen-bond donors (Lipinski definition) is 1. The van der Waals surface area contributed by atoms with Crippen molar-refractivity contribution in [3.63, 3.8) is 0 Å². The van der Waals surface area contributed by atoms with Crippen LogP contribution in [-0.2, 0) is 18.0 Å². The lowest BCUT2D eigenvalue weighted by Gasteiger charge is -2.27. The van der Waals surface area contributed by atoms with Gasteiger partial charge in [0.2, 0.25) is 0 Å². The summed E-state index contributed by atoms with van der Waals surface area (Å²) < 4.78 is 22.2. The molecule has 0 aromatic carbocycles. The molecule has 0 aromatic rings. The Morgan fingerprint density at radius 3 is 1.73 bits per heavy atom. The van der Waals surface area contributed by atoms with E-state index in [0.29, 0.717) is 25.9 Å². The Morgan fingerprint density at radius 2 is 1.47 bits per heavy atom. The van der Waals surface area contributed by atoms with Gasteiger partial charge < -0.3 is 23.7 Å². The van der Waals surface area contributed by atoms with Crippen molar-refractivity contribution in [3.05, 3.63) is 0 Å². The van der Waals surface area contributed by atoms with Crippen molar-refractivity contribution in [1.82, 2.24) is 0 Å². The van der Waals surface area contributed by atoms with E-state index in [4.69, 9.17) is 23.7 Å². The zero-order valence-corrected chi connectivity index (χ0v) is 10.7. The van der Waals surface area contributed by atoms with E-state index in [-0.39, 0.29) is 12.3 Å². The fourth-order valence-corrected chi connectivity index (χ4v) is 4.27. The Labute approximate surface area is 92.2 Å². The Balaban J connectivity index is 2.53. The van der Waals surface area contributed by atoms with Gasteiger partial charge in [-0.3, -0.25) is 0 Å². The van der Waals surface area contributed by atoms with E-state index >= 15 is 0 Å². The highest BCUT2D eigenvalue weighted by molar-refractivity contribution is 6.61. The zero-order chi connectivity index (χ0) is 11.3. The Kier molecular flexibility index (Phi) is 5.17. The lowest BCUT2D eigenvalue weighted by Crippen LogP contribution is -2.47. The summed E-state index contributed by atoms with van der Waals surface area (Å²) in [4.78, 5) is 0. The normalized spacial score (nSPS) is 25.6. The van der Waals surface area contributed by atoms with E-state index in [2.05, 4.69) is 0 Å². The van der Waals surface area contributed by atoms with Gasteiger partial charge in [-0.25, -0.2) is 0 Å². The van der Waals surface area contributed by atoms with E-state index in [1.165, 1.54) is 0 Å². The minimum atomic E-state index is -2.54. The summed E-state index contributed by atoms with van der Waals surface area (Å²) in [5.41, 5.74) is 5.60. The van der Waals surface area contributed by atoms with Crippen molar-refractivity contribution >= 4 is 8.80 Å². The van der Waals surface area contributed by atoms with Crippen LogP contribution in [0.1, 0.15) is 20.8 Å². The third kappa shape index (κ3) is 3.82. The standard InChI is InChI=1S/C9H21NO4Si/c1-4-11-15(12-5-2,13-6-3)7-8-9(10)14-8/h8-9H,4-7,10H2,1-3H3. The molecule has 90 valence electrons. The number of hydrogen-bond acceptors (Lipinski definition) is 5. The minimum Gasteiger partial charge on any atom is -0.374 e. The first kappa shape index (κ1) is 13.1. The molecule has 0 spiro atoms. The molecule has 1 aliphatic rings. The third-order valence-electron chi connectivity index (χ3n) is 2.17. The molecule has 0 radical (unpaired) electrons. The van der Waals surface area contributed by atoms with Crippen molar-refractivity contribution in [1.29, 1.82) is 0 Å². The molecule has 2 N–H and O–H groups in total. The van der Waals surface area contributed by atoms with Gasteiger partial charge in [0.1, 0.15) is 12.3 Å². The summed E-state index contributed by atoms with van der Waals surface area (Å²) in [6.45, 7) is 7.59. The van der Waals surface area contributed by atoms with Crippen LogP contribution >= 0.6 is 0 Å². The van der Waals surface area contributed by atoms with Gasteiger partial charge in [0.05, 0.1) is 0 Å². The number of rotatable bonds is 8. The first-order valence-electron chi connectivity index (χ1n) is 5.50. The molecule has 0 aromatic heterocycles. The van der Waals surface area contributed by atoms with Gasteiger partial charge in [-0.2, -0.15) is 0 Å². The van der Waals surface area contributed by atoms with Crippen LogP contribution in [0.5, 0.6) is 0 Å².